The predicted molar refractivity (Wildman–Crippen MR) is 151 cm³/mol. The number of hydrogen-bond acceptors (Lipinski definition) is 8. The molecule has 2 atom stereocenters. The first-order valence-electron chi connectivity index (χ1n) is 13.0. The van der Waals surface area contributed by atoms with Crippen LogP contribution in [0.4, 0.5) is 10.2 Å². The summed E-state index contributed by atoms with van der Waals surface area (Å²) in [6, 6.07) is 11.4. The van der Waals surface area contributed by atoms with Crippen LogP contribution in [0.5, 0.6) is 11.8 Å². The molecule has 10 heteroatoms. The normalized spacial score (nSPS) is 19.1. The number of halogens is 1. The lowest BCUT2D eigenvalue weighted by atomic mass is 10.0. The summed E-state index contributed by atoms with van der Waals surface area (Å²) >= 11 is 0. The number of nitrogens with one attached hydrogen (secondary N) is 1. The second-order valence-corrected chi connectivity index (χ2v) is 9.99. The first kappa shape index (κ1) is 25.0. The van der Waals surface area contributed by atoms with Crippen molar-refractivity contribution in [2.24, 2.45) is 4.99 Å². The van der Waals surface area contributed by atoms with Crippen molar-refractivity contribution < 1.29 is 14.2 Å². The molecule has 0 saturated carbocycles. The van der Waals surface area contributed by atoms with Gasteiger partial charge in [0.25, 0.3) is 0 Å². The zero-order chi connectivity index (χ0) is 27.1. The molecule has 2 aliphatic rings. The van der Waals surface area contributed by atoms with Gasteiger partial charge < -0.3 is 25.0 Å². The average Bonchev–Trinajstić information content (AvgIpc) is 3.29. The van der Waals surface area contributed by atoms with Crippen LogP contribution in [0, 0.1) is 5.82 Å². The minimum atomic E-state index is -0.595. The molecule has 9 nitrogen and oxygen atoms in total. The summed E-state index contributed by atoms with van der Waals surface area (Å²) in [5.74, 6) is 0.658. The van der Waals surface area contributed by atoms with Crippen LogP contribution in [0.1, 0.15) is 12.8 Å². The van der Waals surface area contributed by atoms with Crippen molar-refractivity contribution in [3.05, 3.63) is 61.2 Å². The monoisotopic (exact) mass is 527 g/mol. The molecule has 39 heavy (non-hydrogen) atoms. The highest BCUT2D eigenvalue weighted by Gasteiger charge is 2.34. The Hall–Kier alpha value is -4.31. The molecule has 0 spiro atoms. The van der Waals surface area contributed by atoms with E-state index in [4.69, 9.17) is 9.72 Å². The predicted octanol–water partition coefficient (Wildman–Crippen LogP) is 4.11. The molecule has 2 bridgehead atoms. The third-order valence-electron chi connectivity index (χ3n) is 7.53. The van der Waals surface area contributed by atoms with E-state index >= 15 is 4.39 Å². The maximum absolute atomic E-state index is 16.4. The molecule has 200 valence electrons. The molecule has 4 aromatic rings. The van der Waals surface area contributed by atoms with E-state index in [1.54, 1.807) is 30.4 Å². The topological polar surface area (TPSA) is 99.0 Å². The number of likely N-dealkylation sites (N-methyl/N-ethyl adjacent to an activating group) is 1. The Labute approximate surface area is 225 Å². The number of ether oxygens (including phenoxy) is 1. The zero-order valence-electron chi connectivity index (χ0n) is 21.9. The van der Waals surface area contributed by atoms with Gasteiger partial charge in [0, 0.05) is 51.0 Å². The molecule has 0 aliphatic carbocycles. The van der Waals surface area contributed by atoms with Crippen LogP contribution in [-0.4, -0.2) is 76.7 Å². The van der Waals surface area contributed by atoms with Gasteiger partial charge >= 0.3 is 6.01 Å². The van der Waals surface area contributed by atoms with Gasteiger partial charge in [0.05, 0.1) is 5.39 Å². The molecule has 2 aromatic carbocycles. The van der Waals surface area contributed by atoms with Gasteiger partial charge in [0.2, 0.25) is 0 Å². The van der Waals surface area contributed by atoms with Gasteiger partial charge in [-0.25, -0.2) is 4.39 Å². The number of phenols is 1. The van der Waals surface area contributed by atoms with Crippen LogP contribution < -0.4 is 15.0 Å². The molecule has 0 amide bonds. The van der Waals surface area contributed by atoms with E-state index in [1.165, 1.54) is 6.07 Å². The minimum absolute atomic E-state index is 0.0337. The Morgan fingerprint density at radius 1 is 1.23 bits per heavy atom. The molecular formula is C29H30FN7O2. The van der Waals surface area contributed by atoms with E-state index < -0.39 is 5.82 Å². The summed E-state index contributed by atoms with van der Waals surface area (Å²) in [5, 5.41) is 16.1. The van der Waals surface area contributed by atoms with E-state index in [9.17, 15) is 5.11 Å². The number of pyridine rings is 1. The van der Waals surface area contributed by atoms with Crippen molar-refractivity contribution >= 4 is 33.3 Å². The van der Waals surface area contributed by atoms with Crippen molar-refractivity contribution in [1.29, 1.82) is 0 Å². The van der Waals surface area contributed by atoms with Crippen LogP contribution in [0.2, 0.25) is 0 Å². The van der Waals surface area contributed by atoms with Crippen molar-refractivity contribution in [2.45, 2.75) is 24.9 Å². The standard InChI is InChI=1S/C29H30FN7O2/c1-4-36(3)24(31-2)16-39-29-34-27-23(28(35-29)37-14-18-9-10-19(15-37)33-18)13-32-26(25(27)30)22-12-20(38)11-17-7-5-6-8-21(17)22/h4-8,11-13,18-19,33,38H,1,9-10,14-16H2,2-3H3. The number of anilines is 1. The Balaban J connectivity index is 1.49. The molecular weight excluding hydrogens is 497 g/mol. The van der Waals surface area contributed by atoms with Gasteiger partial charge in [0.1, 0.15) is 35.2 Å². The van der Waals surface area contributed by atoms with E-state index in [2.05, 4.69) is 31.8 Å². The fraction of sp³-hybridized carbons (Fsp3) is 0.310. The number of fused-ring (bicyclic) bond motifs is 4. The van der Waals surface area contributed by atoms with Crippen LogP contribution >= 0.6 is 0 Å². The molecule has 2 fully saturated rings. The van der Waals surface area contributed by atoms with Crippen molar-refractivity contribution in [2.75, 3.05) is 38.7 Å². The Bertz CT molecular complexity index is 1600. The number of rotatable bonds is 6. The second kappa shape index (κ2) is 10.1. The summed E-state index contributed by atoms with van der Waals surface area (Å²) in [6.45, 7) is 5.37. The second-order valence-electron chi connectivity index (χ2n) is 9.99. The smallest absolute Gasteiger partial charge is 0.319 e. The highest BCUT2D eigenvalue weighted by Crippen LogP contribution is 2.37. The van der Waals surface area contributed by atoms with Crippen LogP contribution in [0.15, 0.2) is 60.4 Å². The van der Waals surface area contributed by atoms with Gasteiger partial charge in [-0.1, -0.05) is 30.8 Å². The van der Waals surface area contributed by atoms with Crippen LogP contribution in [0.3, 0.4) is 0 Å². The number of piperazine rings is 1. The maximum Gasteiger partial charge on any atom is 0.319 e. The SMILES string of the molecule is C=CN(C)C(COc1nc(N2CC3CCC(C2)N3)c2cnc(-c3cc(O)cc4ccccc34)c(F)c2n1)=NC. The van der Waals surface area contributed by atoms with Gasteiger partial charge in [-0.15, -0.1) is 0 Å². The van der Waals surface area contributed by atoms with Crippen LogP contribution in [-0.2, 0) is 0 Å². The summed E-state index contributed by atoms with van der Waals surface area (Å²) in [5.41, 5.74) is 0.707. The number of aromatic hydroxyl groups is 1. The molecule has 6 rings (SSSR count). The summed E-state index contributed by atoms with van der Waals surface area (Å²) in [4.78, 5) is 22.0. The van der Waals surface area contributed by atoms with Gasteiger partial charge in [-0.2, -0.15) is 9.97 Å². The number of amidine groups is 1. The fourth-order valence-electron chi connectivity index (χ4n) is 5.53. The molecule has 2 saturated heterocycles. The quantitative estimate of drug-likeness (QED) is 0.286. The number of nitrogens with zero attached hydrogens (tertiary/aromatic N) is 6. The molecule has 0 radical (unpaired) electrons. The summed E-state index contributed by atoms with van der Waals surface area (Å²) in [7, 11) is 3.48. The molecule has 2 aliphatic heterocycles. The minimum Gasteiger partial charge on any atom is -0.508 e. The van der Waals surface area contributed by atoms with Crippen molar-refractivity contribution in [3.63, 3.8) is 0 Å². The number of aliphatic imine (C=N–C) groups is 1. The van der Waals surface area contributed by atoms with Crippen LogP contribution in [0.25, 0.3) is 32.9 Å². The van der Waals surface area contributed by atoms with Gasteiger partial charge in [-0.05, 0) is 41.9 Å². The summed E-state index contributed by atoms with van der Waals surface area (Å²) < 4.78 is 22.4. The van der Waals surface area contributed by atoms with Gasteiger partial charge in [0.15, 0.2) is 5.82 Å². The van der Waals surface area contributed by atoms with E-state index in [0.717, 1.165) is 36.7 Å². The molecule has 2 N–H and O–H groups in total. The lowest BCUT2D eigenvalue weighted by molar-refractivity contribution is 0.334. The van der Waals surface area contributed by atoms with Gasteiger partial charge in [-0.3, -0.25) is 9.98 Å². The molecule has 2 aromatic heterocycles. The number of hydrogen-bond donors (Lipinski definition) is 2. The zero-order valence-corrected chi connectivity index (χ0v) is 21.9. The first-order valence-corrected chi connectivity index (χ1v) is 13.0. The third kappa shape index (κ3) is 4.61. The average molecular weight is 528 g/mol. The Kier molecular flexibility index (Phi) is 6.48. The van der Waals surface area contributed by atoms with E-state index in [1.807, 2.05) is 31.3 Å². The Morgan fingerprint density at radius 3 is 2.74 bits per heavy atom. The molecule has 4 heterocycles. The third-order valence-corrected chi connectivity index (χ3v) is 7.53. The number of benzene rings is 2. The number of phenolic OH excluding ortho intramolecular Hbond substituents is 1. The van der Waals surface area contributed by atoms with Crippen molar-refractivity contribution in [3.8, 4) is 23.0 Å². The molecule has 2 unspecified atom stereocenters. The van der Waals surface area contributed by atoms with Crippen molar-refractivity contribution in [1.82, 2.24) is 25.2 Å². The number of aromatic nitrogens is 3. The lowest BCUT2D eigenvalue weighted by Gasteiger charge is -2.34. The summed E-state index contributed by atoms with van der Waals surface area (Å²) in [6.07, 6.45) is 5.45. The van der Waals surface area contributed by atoms with E-state index in [0.29, 0.717) is 34.7 Å². The Morgan fingerprint density at radius 2 is 2.00 bits per heavy atom. The largest absolute Gasteiger partial charge is 0.508 e. The fourth-order valence-corrected chi connectivity index (χ4v) is 5.53. The van der Waals surface area contributed by atoms with E-state index in [-0.39, 0.29) is 29.6 Å². The highest BCUT2D eigenvalue weighted by atomic mass is 19.1. The first-order chi connectivity index (χ1) is 18.9. The maximum atomic E-state index is 16.4. The highest BCUT2D eigenvalue weighted by molar-refractivity contribution is 6.00. The lowest BCUT2D eigenvalue weighted by Crippen LogP contribution is -2.51.